The molecule has 0 unspecified atom stereocenters. The SMILES string of the molecule is COc1cc2ncnc(Nc3cccc(Cl)c3F)c2cc1N1CCC2(CCN(C)CC2)OC1=O. The summed E-state index contributed by atoms with van der Waals surface area (Å²) in [6.07, 6.45) is 3.36. The molecule has 8 nitrogen and oxygen atoms in total. The first-order valence-corrected chi connectivity index (χ1v) is 11.5. The molecule has 2 fully saturated rings. The van der Waals surface area contributed by atoms with E-state index in [-0.39, 0.29) is 10.7 Å². The van der Waals surface area contributed by atoms with Crippen molar-refractivity contribution in [1.29, 1.82) is 0 Å². The van der Waals surface area contributed by atoms with Gasteiger partial charge in [0, 0.05) is 50.3 Å². The van der Waals surface area contributed by atoms with Gasteiger partial charge in [0.25, 0.3) is 0 Å². The van der Waals surface area contributed by atoms with Crippen molar-refractivity contribution in [2.24, 2.45) is 0 Å². The second-order valence-corrected chi connectivity index (χ2v) is 9.15. The third-order valence-electron chi connectivity index (χ3n) is 6.64. The van der Waals surface area contributed by atoms with Gasteiger partial charge in [0.05, 0.1) is 29.0 Å². The summed E-state index contributed by atoms with van der Waals surface area (Å²) in [6, 6.07) is 8.20. The summed E-state index contributed by atoms with van der Waals surface area (Å²) in [5, 5.41) is 3.60. The number of rotatable bonds is 4. The number of amides is 1. The molecule has 0 saturated carbocycles. The maximum Gasteiger partial charge on any atom is 0.414 e. The predicted octanol–water partition coefficient (Wildman–Crippen LogP) is 4.99. The minimum absolute atomic E-state index is 0.00428. The van der Waals surface area contributed by atoms with Gasteiger partial charge < -0.3 is 19.7 Å². The van der Waals surface area contributed by atoms with E-state index in [4.69, 9.17) is 21.1 Å². The van der Waals surface area contributed by atoms with Crippen LogP contribution in [0.2, 0.25) is 5.02 Å². The van der Waals surface area contributed by atoms with Gasteiger partial charge in [-0.1, -0.05) is 17.7 Å². The van der Waals surface area contributed by atoms with Crippen LogP contribution in [0.25, 0.3) is 10.9 Å². The van der Waals surface area contributed by atoms with Crippen molar-refractivity contribution in [3.05, 3.63) is 47.5 Å². The average Bonchev–Trinajstić information content (AvgIpc) is 2.84. The van der Waals surface area contributed by atoms with E-state index in [0.717, 1.165) is 32.4 Å². The molecule has 1 aromatic heterocycles. The molecular formula is C24H25ClFN5O3. The van der Waals surface area contributed by atoms with Crippen LogP contribution in [0.4, 0.5) is 26.4 Å². The van der Waals surface area contributed by atoms with E-state index in [9.17, 15) is 9.18 Å². The summed E-state index contributed by atoms with van der Waals surface area (Å²) in [6.45, 7) is 2.31. The number of anilines is 3. The van der Waals surface area contributed by atoms with Crippen LogP contribution in [0.1, 0.15) is 19.3 Å². The van der Waals surface area contributed by atoms with Gasteiger partial charge in [0.15, 0.2) is 5.82 Å². The van der Waals surface area contributed by atoms with Crippen molar-refractivity contribution in [3.8, 4) is 5.75 Å². The zero-order valence-electron chi connectivity index (χ0n) is 19.0. The molecule has 178 valence electrons. The van der Waals surface area contributed by atoms with Crippen LogP contribution < -0.4 is 15.0 Å². The average molecular weight is 486 g/mol. The fourth-order valence-electron chi connectivity index (χ4n) is 4.57. The molecule has 1 amide bonds. The van der Waals surface area contributed by atoms with Gasteiger partial charge in [-0.25, -0.2) is 19.2 Å². The molecule has 2 saturated heterocycles. The van der Waals surface area contributed by atoms with Crippen LogP contribution in [-0.2, 0) is 4.74 Å². The van der Waals surface area contributed by atoms with Crippen molar-refractivity contribution < 1.29 is 18.7 Å². The van der Waals surface area contributed by atoms with Crippen molar-refractivity contribution in [3.63, 3.8) is 0 Å². The number of aromatic nitrogens is 2. The van der Waals surface area contributed by atoms with E-state index in [2.05, 4.69) is 27.2 Å². The molecule has 5 rings (SSSR count). The van der Waals surface area contributed by atoms with Gasteiger partial charge in [-0.2, -0.15) is 0 Å². The first kappa shape index (κ1) is 22.6. The Hall–Kier alpha value is -3.17. The van der Waals surface area contributed by atoms with Gasteiger partial charge in [-0.15, -0.1) is 0 Å². The Balaban J connectivity index is 1.50. The minimum atomic E-state index is -0.576. The summed E-state index contributed by atoms with van der Waals surface area (Å²) < 4.78 is 26.1. The Morgan fingerprint density at radius 1 is 1.18 bits per heavy atom. The smallest absolute Gasteiger partial charge is 0.414 e. The van der Waals surface area contributed by atoms with Gasteiger partial charge in [0.2, 0.25) is 0 Å². The second-order valence-electron chi connectivity index (χ2n) is 8.75. The third-order valence-corrected chi connectivity index (χ3v) is 6.94. The first-order chi connectivity index (χ1) is 16.4. The molecule has 0 bridgehead atoms. The van der Waals surface area contributed by atoms with Crippen LogP contribution in [0.3, 0.4) is 0 Å². The Morgan fingerprint density at radius 3 is 2.68 bits per heavy atom. The van der Waals surface area contributed by atoms with E-state index < -0.39 is 17.5 Å². The number of fused-ring (bicyclic) bond motifs is 1. The highest BCUT2D eigenvalue weighted by Gasteiger charge is 2.43. The van der Waals surface area contributed by atoms with Gasteiger partial charge >= 0.3 is 6.09 Å². The number of methoxy groups -OCH3 is 1. The molecule has 0 radical (unpaired) electrons. The lowest BCUT2D eigenvalue weighted by atomic mass is 9.87. The number of piperidine rings is 1. The van der Waals surface area contributed by atoms with Crippen molar-refractivity contribution in [1.82, 2.24) is 14.9 Å². The van der Waals surface area contributed by atoms with E-state index in [1.807, 2.05) is 0 Å². The molecule has 2 aliphatic rings. The number of carbonyl (C=O) groups is 1. The Kier molecular flexibility index (Phi) is 5.91. The minimum Gasteiger partial charge on any atom is -0.494 e. The number of nitrogens with one attached hydrogen (secondary N) is 1. The summed E-state index contributed by atoms with van der Waals surface area (Å²) in [5.74, 6) is 0.294. The van der Waals surface area contributed by atoms with Gasteiger partial charge in [-0.3, -0.25) is 4.90 Å². The highest BCUT2D eigenvalue weighted by molar-refractivity contribution is 6.31. The number of nitrogens with zero attached hydrogens (tertiary/aromatic N) is 4. The second kappa shape index (κ2) is 8.88. The number of benzene rings is 2. The summed E-state index contributed by atoms with van der Waals surface area (Å²) in [4.78, 5) is 25.6. The van der Waals surface area contributed by atoms with Gasteiger partial charge in [-0.05, 0) is 25.2 Å². The van der Waals surface area contributed by atoms with E-state index in [0.29, 0.717) is 34.7 Å². The zero-order chi connectivity index (χ0) is 23.9. The van der Waals surface area contributed by atoms with E-state index in [1.54, 1.807) is 36.3 Å². The topological polar surface area (TPSA) is 79.8 Å². The van der Waals surface area contributed by atoms with Crippen LogP contribution in [0.5, 0.6) is 5.75 Å². The number of likely N-dealkylation sites (tertiary alicyclic amines) is 1. The Morgan fingerprint density at radius 2 is 1.94 bits per heavy atom. The number of ether oxygens (including phenoxy) is 2. The summed E-state index contributed by atoms with van der Waals surface area (Å²) >= 11 is 5.93. The molecule has 3 aromatic rings. The maximum absolute atomic E-state index is 14.5. The van der Waals surface area contributed by atoms with Crippen LogP contribution >= 0.6 is 11.6 Å². The summed E-state index contributed by atoms with van der Waals surface area (Å²) in [5.41, 5.74) is 0.903. The molecule has 34 heavy (non-hydrogen) atoms. The molecule has 3 heterocycles. The first-order valence-electron chi connectivity index (χ1n) is 11.1. The molecule has 0 atom stereocenters. The van der Waals surface area contributed by atoms with Crippen LogP contribution in [0.15, 0.2) is 36.7 Å². The quantitative estimate of drug-likeness (QED) is 0.558. The number of hydrogen-bond acceptors (Lipinski definition) is 7. The summed E-state index contributed by atoms with van der Waals surface area (Å²) in [7, 11) is 3.62. The largest absolute Gasteiger partial charge is 0.494 e. The zero-order valence-corrected chi connectivity index (χ0v) is 19.7. The monoisotopic (exact) mass is 485 g/mol. The maximum atomic E-state index is 14.5. The lowest BCUT2D eigenvalue weighted by Crippen LogP contribution is -2.54. The van der Waals surface area contributed by atoms with Crippen molar-refractivity contribution >= 4 is 45.8 Å². The van der Waals surface area contributed by atoms with Crippen LogP contribution in [-0.4, -0.2) is 60.4 Å². The molecular weight excluding hydrogens is 461 g/mol. The number of halogens is 2. The Labute approximate surface area is 201 Å². The molecule has 2 aromatic carbocycles. The molecule has 1 spiro atoms. The molecule has 0 aliphatic carbocycles. The lowest BCUT2D eigenvalue weighted by molar-refractivity contribution is -0.0445. The van der Waals surface area contributed by atoms with E-state index >= 15 is 0 Å². The van der Waals surface area contributed by atoms with Gasteiger partial charge in [0.1, 0.15) is 23.5 Å². The lowest BCUT2D eigenvalue weighted by Gasteiger charge is -2.45. The molecule has 1 N–H and O–H groups in total. The number of hydrogen-bond donors (Lipinski definition) is 1. The standard InChI is InChI=1S/C24H25ClFN5O3/c1-30-9-6-24(7-10-30)8-11-31(23(32)34-24)19-12-15-18(13-20(19)33-2)27-14-28-22(15)29-17-5-3-4-16(25)21(17)26/h3-5,12-14H,6-11H2,1-2H3,(H,27,28,29). The van der Waals surface area contributed by atoms with Crippen molar-refractivity contribution in [2.45, 2.75) is 24.9 Å². The third kappa shape index (κ3) is 4.10. The highest BCUT2D eigenvalue weighted by Crippen LogP contribution is 2.40. The number of carbonyl (C=O) groups excluding carboxylic acids is 1. The van der Waals surface area contributed by atoms with E-state index in [1.165, 1.54) is 12.4 Å². The highest BCUT2D eigenvalue weighted by atomic mass is 35.5. The molecule has 10 heteroatoms. The van der Waals surface area contributed by atoms with Crippen molar-refractivity contribution in [2.75, 3.05) is 44.0 Å². The fourth-order valence-corrected chi connectivity index (χ4v) is 4.74. The Bertz CT molecular complexity index is 1250. The van der Waals surface area contributed by atoms with Crippen LogP contribution in [0, 0.1) is 5.82 Å². The fraction of sp³-hybridized carbons (Fsp3) is 0.375. The molecule has 2 aliphatic heterocycles. The normalized spacial score (nSPS) is 18.2. The predicted molar refractivity (Wildman–Crippen MR) is 129 cm³/mol.